The second-order valence-corrected chi connectivity index (χ2v) is 4.04. The lowest BCUT2D eigenvalue weighted by molar-refractivity contribution is -0.485. The molecule has 16 heavy (non-hydrogen) atoms. The molecule has 1 fully saturated rings. The summed E-state index contributed by atoms with van der Waals surface area (Å²) in [6.07, 6.45) is 3.36. The van der Waals surface area contributed by atoms with E-state index in [9.17, 15) is 14.9 Å². The van der Waals surface area contributed by atoms with Gasteiger partial charge in [0.05, 0.1) is 5.92 Å². The van der Waals surface area contributed by atoms with Crippen LogP contribution in [0.3, 0.4) is 0 Å². The molecule has 0 aromatic carbocycles. The number of Topliss-reactive ketones (excluding diaryl/α,β-unsaturated/α-hetero) is 1. The SMILES string of the molecule is O=C(c1ccccn1)C(C[N+](=O)[O-])C1CC1. The van der Waals surface area contributed by atoms with Crippen molar-refractivity contribution in [3.8, 4) is 0 Å². The predicted octanol–water partition coefficient (Wildman–Crippen LogP) is 1.57. The molecule has 0 N–H and O–H groups in total. The average molecular weight is 220 g/mol. The number of carbonyl (C=O) groups is 1. The van der Waals surface area contributed by atoms with E-state index in [4.69, 9.17) is 0 Å². The van der Waals surface area contributed by atoms with Crippen molar-refractivity contribution < 1.29 is 9.72 Å². The number of hydrogen-bond donors (Lipinski definition) is 0. The molecule has 0 saturated heterocycles. The molecule has 1 atom stereocenters. The minimum atomic E-state index is -0.495. The Balaban J connectivity index is 2.14. The van der Waals surface area contributed by atoms with Gasteiger partial charge in [0.1, 0.15) is 5.69 Å². The van der Waals surface area contributed by atoms with Crippen molar-refractivity contribution in [2.45, 2.75) is 12.8 Å². The van der Waals surface area contributed by atoms with Crippen molar-refractivity contribution in [3.63, 3.8) is 0 Å². The van der Waals surface area contributed by atoms with Crippen LogP contribution in [0.2, 0.25) is 0 Å². The van der Waals surface area contributed by atoms with Crippen LogP contribution in [-0.4, -0.2) is 22.2 Å². The summed E-state index contributed by atoms with van der Waals surface area (Å²) in [6, 6.07) is 5.05. The molecular formula is C11H12N2O3. The third-order valence-corrected chi connectivity index (χ3v) is 2.79. The molecule has 1 aliphatic rings. The number of aromatic nitrogens is 1. The fraction of sp³-hybridized carbons (Fsp3) is 0.455. The lowest BCUT2D eigenvalue weighted by Crippen LogP contribution is -2.25. The van der Waals surface area contributed by atoms with Crippen molar-refractivity contribution in [1.82, 2.24) is 4.98 Å². The smallest absolute Gasteiger partial charge is 0.214 e. The Bertz CT molecular complexity index is 401. The lowest BCUT2D eigenvalue weighted by atomic mass is 9.96. The molecule has 5 nitrogen and oxygen atoms in total. The van der Waals surface area contributed by atoms with Gasteiger partial charge in [0.25, 0.3) is 0 Å². The van der Waals surface area contributed by atoms with Gasteiger partial charge in [-0.2, -0.15) is 0 Å². The number of ketones is 1. The van der Waals surface area contributed by atoms with E-state index in [1.165, 1.54) is 6.20 Å². The zero-order valence-corrected chi connectivity index (χ0v) is 8.70. The molecule has 1 aromatic rings. The summed E-state index contributed by atoms with van der Waals surface area (Å²) in [5, 5.41) is 10.5. The van der Waals surface area contributed by atoms with Crippen LogP contribution in [0, 0.1) is 22.0 Å². The molecule has 0 spiro atoms. The van der Waals surface area contributed by atoms with E-state index in [-0.39, 0.29) is 18.2 Å². The Morgan fingerprint density at radius 1 is 1.56 bits per heavy atom. The van der Waals surface area contributed by atoms with Gasteiger partial charge in [-0.3, -0.25) is 19.9 Å². The number of nitro groups is 1. The zero-order valence-electron chi connectivity index (χ0n) is 8.70. The molecule has 0 radical (unpaired) electrons. The molecule has 0 bridgehead atoms. The quantitative estimate of drug-likeness (QED) is 0.429. The van der Waals surface area contributed by atoms with Crippen LogP contribution in [0.15, 0.2) is 24.4 Å². The third kappa shape index (κ3) is 2.42. The Morgan fingerprint density at radius 3 is 2.81 bits per heavy atom. The van der Waals surface area contributed by atoms with Crippen LogP contribution in [-0.2, 0) is 0 Å². The van der Waals surface area contributed by atoms with Gasteiger partial charge in [-0.15, -0.1) is 0 Å². The molecular weight excluding hydrogens is 208 g/mol. The van der Waals surface area contributed by atoms with Gasteiger partial charge in [-0.05, 0) is 30.9 Å². The highest BCUT2D eigenvalue weighted by Crippen LogP contribution is 2.38. The number of rotatable bonds is 5. The van der Waals surface area contributed by atoms with Crippen molar-refractivity contribution in [3.05, 3.63) is 40.2 Å². The Hall–Kier alpha value is -1.78. The van der Waals surface area contributed by atoms with E-state index in [1.807, 2.05) is 0 Å². The second kappa shape index (κ2) is 4.38. The zero-order chi connectivity index (χ0) is 11.5. The number of nitrogens with zero attached hydrogens (tertiary/aromatic N) is 2. The molecule has 5 heteroatoms. The van der Waals surface area contributed by atoms with Crippen molar-refractivity contribution in [1.29, 1.82) is 0 Å². The molecule has 1 aromatic heterocycles. The normalized spacial score (nSPS) is 16.8. The van der Waals surface area contributed by atoms with Crippen LogP contribution in [0.4, 0.5) is 0 Å². The van der Waals surface area contributed by atoms with Gasteiger partial charge >= 0.3 is 0 Å². The van der Waals surface area contributed by atoms with E-state index in [2.05, 4.69) is 4.98 Å². The average Bonchev–Trinajstić information content (AvgIpc) is 3.10. The molecule has 1 saturated carbocycles. The van der Waals surface area contributed by atoms with Gasteiger partial charge in [0.2, 0.25) is 6.54 Å². The maximum atomic E-state index is 12.0. The maximum Gasteiger partial charge on any atom is 0.214 e. The maximum absolute atomic E-state index is 12.0. The molecule has 2 rings (SSSR count). The third-order valence-electron chi connectivity index (χ3n) is 2.79. The summed E-state index contributed by atoms with van der Waals surface area (Å²) < 4.78 is 0. The highest BCUT2D eigenvalue weighted by atomic mass is 16.6. The number of pyridine rings is 1. The Kier molecular flexibility index (Phi) is 2.94. The van der Waals surface area contributed by atoms with Gasteiger partial charge in [-0.1, -0.05) is 6.07 Å². The Morgan fingerprint density at radius 2 is 2.31 bits per heavy atom. The van der Waals surface area contributed by atoms with E-state index >= 15 is 0 Å². The van der Waals surface area contributed by atoms with Gasteiger partial charge in [-0.25, -0.2) is 0 Å². The second-order valence-electron chi connectivity index (χ2n) is 4.04. The molecule has 84 valence electrons. The summed E-state index contributed by atoms with van der Waals surface area (Å²) in [5.74, 6) is -0.510. The summed E-state index contributed by atoms with van der Waals surface area (Å²) >= 11 is 0. The van der Waals surface area contributed by atoms with Crippen LogP contribution >= 0.6 is 0 Å². The highest BCUT2D eigenvalue weighted by Gasteiger charge is 2.40. The first-order chi connectivity index (χ1) is 7.68. The highest BCUT2D eigenvalue weighted by molar-refractivity contribution is 5.96. The summed E-state index contributed by atoms with van der Waals surface area (Å²) in [5.41, 5.74) is 0.334. The van der Waals surface area contributed by atoms with E-state index in [0.29, 0.717) is 5.69 Å². The topological polar surface area (TPSA) is 73.1 Å². The fourth-order valence-electron chi connectivity index (χ4n) is 1.80. The van der Waals surface area contributed by atoms with Gasteiger partial charge < -0.3 is 0 Å². The number of hydrogen-bond acceptors (Lipinski definition) is 4. The standard InChI is InChI=1S/C11H12N2O3/c14-11(10-3-1-2-6-12-10)9(7-13(15)16)8-4-5-8/h1-3,6,8-9H,4-5,7H2. The van der Waals surface area contributed by atoms with Gasteiger partial charge in [0.15, 0.2) is 5.78 Å². The van der Waals surface area contributed by atoms with Crippen molar-refractivity contribution >= 4 is 5.78 Å². The Labute approximate surface area is 92.6 Å². The molecule has 1 unspecified atom stereocenters. The lowest BCUT2D eigenvalue weighted by Gasteiger charge is -2.09. The van der Waals surface area contributed by atoms with E-state index in [0.717, 1.165) is 12.8 Å². The minimum absolute atomic E-state index is 0.180. The van der Waals surface area contributed by atoms with Crippen LogP contribution in [0.25, 0.3) is 0 Å². The van der Waals surface area contributed by atoms with Crippen LogP contribution in [0.5, 0.6) is 0 Å². The van der Waals surface area contributed by atoms with Gasteiger partial charge in [0, 0.05) is 11.1 Å². The number of carbonyl (C=O) groups excluding carboxylic acids is 1. The first-order valence-electron chi connectivity index (χ1n) is 5.25. The van der Waals surface area contributed by atoms with Crippen LogP contribution in [0.1, 0.15) is 23.3 Å². The predicted molar refractivity (Wildman–Crippen MR) is 56.6 cm³/mol. The molecule has 1 aliphatic carbocycles. The van der Waals surface area contributed by atoms with Crippen molar-refractivity contribution in [2.24, 2.45) is 11.8 Å². The molecule has 0 amide bonds. The van der Waals surface area contributed by atoms with Crippen LogP contribution < -0.4 is 0 Å². The molecule has 1 heterocycles. The minimum Gasteiger partial charge on any atom is -0.292 e. The summed E-state index contributed by atoms with van der Waals surface area (Å²) in [7, 11) is 0. The van der Waals surface area contributed by atoms with Crippen molar-refractivity contribution in [2.75, 3.05) is 6.54 Å². The monoisotopic (exact) mass is 220 g/mol. The first-order valence-corrected chi connectivity index (χ1v) is 5.25. The van der Waals surface area contributed by atoms with E-state index in [1.54, 1.807) is 18.2 Å². The first kappa shape index (κ1) is 10.7. The largest absolute Gasteiger partial charge is 0.292 e. The molecule has 0 aliphatic heterocycles. The summed E-state index contributed by atoms with van der Waals surface area (Å²) in [6.45, 7) is -0.278. The van der Waals surface area contributed by atoms with E-state index < -0.39 is 10.8 Å². The fourth-order valence-corrected chi connectivity index (χ4v) is 1.80. The summed E-state index contributed by atoms with van der Waals surface area (Å²) in [4.78, 5) is 26.0.